The Bertz CT molecular complexity index is 476. The van der Waals surface area contributed by atoms with E-state index >= 15 is 0 Å². The maximum absolute atomic E-state index is 11.6. The molecule has 0 aromatic rings. The van der Waals surface area contributed by atoms with Crippen molar-refractivity contribution >= 4 is 5.97 Å². The Balaban J connectivity index is 2.16. The lowest BCUT2D eigenvalue weighted by molar-refractivity contribution is -0.291. The lowest BCUT2D eigenvalue weighted by Gasteiger charge is -2.39. The zero-order valence-corrected chi connectivity index (χ0v) is 11.7. The van der Waals surface area contributed by atoms with Crippen molar-refractivity contribution in [3.05, 3.63) is 11.5 Å². The highest BCUT2D eigenvalue weighted by molar-refractivity contribution is 5.89. The summed E-state index contributed by atoms with van der Waals surface area (Å²) in [6, 6.07) is 0. The fourth-order valence-corrected chi connectivity index (χ4v) is 2.20. The fraction of sp³-hybridized carbons (Fsp3) is 0.750. The number of carbonyl (C=O) groups excluding carboxylic acids is 1. The SMILES string of the molecule is O=C1OC([C@@H](O)CO)C(O)=C1OC1OC(CO)C(O)C(O)C1O. The Kier molecular flexibility index (Phi) is 5.41. The highest BCUT2D eigenvalue weighted by Gasteiger charge is 2.48. The molecule has 7 N–H and O–H groups in total. The van der Waals surface area contributed by atoms with Crippen LogP contribution in [0.5, 0.6) is 0 Å². The Hall–Kier alpha value is -1.47. The van der Waals surface area contributed by atoms with Crippen molar-refractivity contribution in [2.45, 2.75) is 42.9 Å². The van der Waals surface area contributed by atoms with Crippen molar-refractivity contribution in [1.29, 1.82) is 0 Å². The summed E-state index contributed by atoms with van der Waals surface area (Å²) >= 11 is 0. The van der Waals surface area contributed by atoms with Gasteiger partial charge in [0, 0.05) is 0 Å². The summed E-state index contributed by atoms with van der Waals surface area (Å²) in [6.45, 7) is -1.50. The summed E-state index contributed by atoms with van der Waals surface area (Å²) in [5, 5.41) is 66.1. The Morgan fingerprint density at radius 1 is 1.13 bits per heavy atom. The van der Waals surface area contributed by atoms with Gasteiger partial charge in [-0.15, -0.1) is 0 Å². The molecule has 11 heteroatoms. The van der Waals surface area contributed by atoms with E-state index in [0.717, 1.165) is 0 Å². The molecular formula is C12H18O11. The van der Waals surface area contributed by atoms with Crippen LogP contribution < -0.4 is 0 Å². The molecule has 0 bridgehead atoms. The molecule has 23 heavy (non-hydrogen) atoms. The number of hydrogen-bond donors (Lipinski definition) is 7. The summed E-state index contributed by atoms with van der Waals surface area (Å²) in [7, 11) is 0. The molecule has 11 nitrogen and oxygen atoms in total. The molecule has 0 aliphatic carbocycles. The number of aliphatic hydroxyl groups is 7. The van der Waals surface area contributed by atoms with Gasteiger partial charge in [0.2, 0.25) is 12.0 Å². The van der Waals surface area contributed by atoms with Crippen LogP contribution in [0.4, 0.5) is 0 Å². The molecule has 1 fully saturated rings. The van der Waals surface area contributed by atoms with E-state index < -0.39 is 73.6 Å². The van der Waals surface area contributed by atoms with Crippen LogP contribution in [0.15, 0.2) is 11.5 Å². The van der Waals surface area contributed by atoms with Gasteiger partial charge in [-0.3, -0.25) is 0 Å². The quantitative estimate of drug-likeness (QED) is 0.241. The van der Waals surface area contributed by atoms with Crippen molar-refractivity contribution < 1.29 is 54.8 Å². The van der Waals surface area contributed by atoms with Crippen LogP contribution in [0.1, 0.15) is 0 Å². The molecule has 0 aromatic carbocycles. The molecule has 132 valence electrons. The molecule has 2 aliphatic rings. The molecule has 0 aromatic heterocycles. The molecule has 0 radical (unpaired) electrons. The summed E-state index contributed by atoms with van der Waals surface area (Å²) in [4.78, 5) is 11.6. The van der Waals surface area contributed by atoms with E-state index in [0.29, 0.717) is 0 Å². The normalized spacial score (nSPS) is 39.3. The van der Waals surface area contributed by atoms with E-state index in [9.17, 15) is 30.3 Å². The molecule has 7 atom stereocenters. The van der Waals surface area contributed by atoms with Gasteiger partial charge in [0.15, 0.2) is 11.9 Å². The molecular weight excluding hydrogens is 320 g/mol. The van der Waals surface area contributed by atoms with Crippen LogP contribution >= 0.6 is 0 Å². The number of esters is 1. The minimum absolute atomic E-state index is 0.702. The van der Waals surface area contributed by atoms with Crippen LogP contribution in [-0.2, 0) is 19.0 Å². The maximum atomic E-state index is 11.6. The minimum Gasteiger partial charge on any atom is -0.505 e. The van der Waals surface area contributed by atoms with E-state index in [2.05, 4.69) is 4.74 Å². The van der Waals surface area contributed by atoms with Gasteiger partial charge in [0.25, 0.3) is 0 Å². The highest BCUT2D eigenvalue weighted by Crippen LogP contribution is 2.29. The average Bonchev–Trinajstić information content (AvgIpc) is 2.82. The number of aliphatic hydroxyl groups excluding tert-OH is 7. The van der Waals surface area contributed by atoms with Gasteiger partial charge in [-0.2, -0.15) is 0 Å². The van der Waals surface area contributed by atoms with Gasteiger partial charge >= 0.3 is 5.97 Å². The second-order valence-corrected chi connectivity index (χ2v) is 5.11. The van der Waals surface area contributed by atoms with Gasteiger partial charge in [0.1, 0.15) is 30.5 Å². The zero-order chi connectivity index (χ0) is 17.3. The first-order chi connectivity index (χ1) is 10.8. The van der Waals surface area contributed by atoms with Gasteiger partial charge < -0.3 is 50.0 Å². The van der Waals surface area contributed by atoms with Gasteiger partial charge in [-0.25, -0.2) is 4.79 Å². The van der Waals surface area contributed by atoms with Crippen LogP contribution in [0.25, 0.3) is 0 Å². The lowest BCUT2D eigenvalue weighted by atomic mass is 9.99. The topological polar surface area (TPSA) is 186 Å². The van der Waals surface area contributed by atoms with Crippen molar-refractivity contribution in [2.75, 3.05) is 13.2 Å². The molecule has 0 spiro atoms. The molecule has 2 aliphatic heterocycles. The van der Waals surface area contributed by atoms with Crippen LogP contribution in [-0.4, -0.2) is 97.8 Å². The number of carbonyl (C=O) groups is 1. The smallest absolute Gasteiger partial charge is 0.378 e. The lowest BCUT2D eigenvalue weighted by Crippen LogP contribution is -2.59. The average molecular weight is 338 g/mol. The second kappa shape index (κ2) is 6.97. The number of ether oxygens (including phenoxy) is 3. The highest BCUT2D eigenvalue weighted by atomic mass is 16.7. The third kappa shape index (κ3) is 3.26. The fourth-order valence-electron chi connectivity index (χ4n) is 2.20. The van der Waals surface area contributed by atoms with Gasteiger partial charge in [-0.1, -0.05) is 0 Å². The van der Waals surface area contributed by atoms with Gasteiger partial charge in [0.05, 0.1) is 13.2 Å². The third-order valence-corrected chi connectivity index (χ3v) is 3.54. The summed E-state index contributed by atoms with van der Waals surface area (Å²) < 4.78 is 14.6. The Labute approximate surface area is 129 Å². The minimum atomic E-state index is -1.79. The first kappa shape index (κ1) is 17.9. The molecule has 0 amide bonds. The molecule has 0 saturated carbocycles. The predicted molar refractivity (Wildman–Crippen MR) is 67.5 cm³/mol. The van der Waals surface area contributed by atoms with Crippen LogP contribution in [0.3, 0.4) is 0 Å². The van der Waals surface area contributed by atoms with Crippen molar-refractivity contribution in [3.8, 4) is 0 Å². The van der Waals surface area contributed by atoms with Crippen molar-refractivity contribution in [1.82, 2.24) is 0 Å². The van der Waals surface area contributed by atoms with E-state index in [1.165, 1.54) is 0 Å². The molecule has 6 unspecified atom stereocenters. The van der Waals surface area contributed by atoms with Crippen LogP contribution in [0, 0.1) is 0 Å². The predicted octanol–water partition coefficient (Wildman–Crippen LogP) is -4.15. The van der Waals surface area contributed by atoms with Gasteiger partial charge in [-0.05, 0) is 0 Å². The Morgan fingerprint density at radius 2 is 1.78 bits per heavy atom. The first-order valence-corrected chi connectivity index (χ1v) is 6.72. The number of rotatable bonds is 5. The maximum Gasteiger partial charge on any atom is 0.378 e. The third-order valence-electron chi connectivity index (χ3n) is 3.54. The van der Waals surface area contributed by atoms with E-state index in [4.69, 9.17) is 19.7 Å². The van der Waals surface area contributed by atoms with Crippen molar-refractivity contribution in [3.63, 3.8) is 0 Å². The van der Waals surface area contributed by atoms with Crippen molar-refractivity contribution in [2.24, 2.45) is 0 Å². The van der Waals surface area contributed by atoms with Crippen LogP contribution in [0.2, 0.25) is 0 Å². The monoisotopic (exact) mass is 338 g/mol. The zero-order valence-electron chi connectivity index (χ0n) is 11.7. The first-order valence-electron chi connectivity index (χ1n) is 6.72. The second-order valence-electron chi connectivity index (χ2n) is 5.11. The molecule has 2 heterocycles. The van der Waals surface area contributed by atoms with E-state index in [-0.39, 0.29) is 0 Å². The Morgan fingerprint density at radius 3 is 2.35 bits per heavy atom. The summed E-state index contributed by atoms with van der Waals surface area (Å²) in [5.74, 6) is -2.79. The molecule has 2 rings (SSSR count). The molecule has 1 saturated heterocycles. The number of cyclic esters (lactones) is 1. The number of hydrogen-bond acceptors (Lipinski definition) is 11. The summed E-state index contributed by atoms with van der Waals surface area (Å²) in [5.41, 5.74) is 0. The largest absolute Gasteiger partial charge is 0.505 e. The van der Waals surface area contributed by atoms with E-state index in [1.807, 2.05) is 0 Å². The van der Waals surface area contributed by atoms with E-state index in [1.54, 1.807) is 0 Å². The summed E-state index contributed by atoms with van der Waals surface area (Å²) in [6.07, 6.45) is -11.2. The standard InChI is InChI=1S/C12H18O11/c13-1-3(15)9-8(19)10(11(20)22-9)23-12-7(18)6(17)5(16)4(2-14)21-12/h3-7,9,12-19H,1-2H2/t3-,4?,5?,6?,7?,9?,12?/m0/s1.